The number of hydrogen-bond donors (Lipinski definition) is 1. The van der Waals surface area contributed by atoms with E-state index in [0.717, 1.165) is 7.05 Å². The number of nitrogens with zero attached hydrogens (tertiary/aromatic N) is 1. The molecule has 0 bridgehead atoms. The lowest BCUT2D eigenvalue weighted by Gasteiger charge is -2.17. The fraction of sp³-hybridized carbons (Fsp3) is 0.333. The first-order valence-corrected chi connectivity index (χ1v) is 7.37. The van der Waals surface area contributed by atoms with Crippen molar-refractivity contribution in [3.63, 3.8) is 0 Å². The molecule has 0 aromatic heterocycles. The lowest BCUT2D eigenvalue weighted by Crippen LogP contribution is -2.37. The van der Waals surface area contributed by atoms with Gasteiger partial charge in [-0.2, -0.15) is 12.7 Å². The highest BCUT2D eigenvalue weighted by atomic mass is 32.2. The van der Waals surface area contributed by atoms with Crippen molar-refractivity contribution in [3.05, 3.63) is 29.8 Å². The summed E-state index contributed by atoms with van der Waals surface area (Å²) < 4.78 is 35.6. The van der Waals surface area contributed by atoms with Gasteiger partial charge in [-0.05, 0) is 31.2 Å². The highest BCUT2D eigenvalue weighted by molar-refractivity contribution is 7.90. The summed E-state index contributed by atoms with van der Waals surface area (Å²) in [6.07, 6.45) is -0.990. The van der Waals surface area contributed by atoms with Crippen LogP contribution in [-0.2, 0) is 19.7 Å². The summed E-state index contributed by atoms with van der Waals surface area (Å²) in [5.41, 5.74) is 0.470. The standard InChI is InChI=1S/C12H16N2O6S/c1-4-20-12(16)14(2)21(17,18)13-10-7-5-9(6-8-10)11(15)19-3/h5-8,13H,4H2,1-3H3. The SMILES string of the molecule is CCOC(=O)N(C)S(=O)(=O)Nc1ccc(C(=O)OC)cc1. The van der Waals surface area contributed by atoms with E-state index in [1.807, 2.05) is 0 Å². The molecule has 0 atom stereocenters. The molecule has 0 saturated heterocycles. The van der Waals surface area contributed by atoms with Crippen LogP contribution in [0.15, 0.2) is 24.3 Å². The van der Waals surface area contributed by atoms with Gasteiger partial charge >= 0.3 is 22.3 Å². The number of methoxy groups -OCH3 is 1. The largest absolute Gasteiger partial charge is 0.465 e. The predicted molar refractivity (Wildman–Crippen MR) is 75.1 cm³/mol. The third kappa shape index (κ3) is 4.35. The summed E-state index contributed by atoms with van der Waals surface area (Å²) in [6.45, 7) is 1.63. The highest BCUT2D eigenvalue weighted by Crippen LogP contribution is 2.13. The minimum Gasteiger partial charge on any atom is -0.465 e. The zero-order valence-electron chi connectivity index (χ0n) is 11.8. The number of carbonyl (C=O) groups is 2. The molecule has 0 radical (unpaired) electrons. The van der Waals surface area contributed by atoms with Crippen molar-refractivity contribution in [1.29, 1.82) is 0 Å². The molecule has 116 valence electrons. The lowest BCUT2D eigenvalue weighted by molar-refractivity contribution is 0.0600. The van der Waals surface area contributed by atoms with Crippen LogP contribution in [0, 0.1) is 0 Å². The fourth-order valence-electron chi connectivity index (χ4n) is 1.32. The molecule has 0 heterocycles. The van der Waals surface area contributed by atoms with Gasteiger partial charge in [0.25, 0.3) is 0 Å². The summed E-state index contributed by atoms with van der Waals surface area (Å²) >= 11 is 0. The first-order chi connectivity index (χ1) is 9.81. The van der Waals surface area contributed by atoms with Gasteiger partial charge < -0.3 is 9.47 Å². The summed E-state index contributed by atoms with van der Waals surface area (Å²) in [4.78, 5) is 22.6. The third-order valence-corrected chi connectivity index (χ3v) is 3.80. The van der Waals surface area contributed by atoms with Crippen LogP contribution in [0.5, 0.6) is 0 Å². The van der Waals surface area contributed by atoms with Crippen molar-refractivity contribution in [3.8, 4) is 0 Å². The normalized spacial score (nSPS) is 10.6. The minimum atomic E-state index is -4.08. The summed E-state index contributed by atoms with van der Waals surface area (Å²) in [5, 5.41) is 0. The second-order valence-corrected chi connectivity index (χ2v) is 5.54. The maximum Gasteiger partial charge on any atom is 0.424 e. The topological polar surface area (TPSA) is 102 Å². The van der Waals surface area contributed by atoms with Crippen LogP contribution >= 0.6 is 0 Å². The summed E-state index contributed by atoms with van der Waals surface area (Å²) in [5.74, 6) is -0.534. The second kappa shape index (κ2) is 6.93. The number of rotatable bonds is 5. The Kier molecular flexibility index (Phi) is 5.53. The Hall–Kier alpha value is -2.29. The quantitative estimate of drug-likeness (QED) is 0.819. The molecule has 9 heteroatoms. The number of hydrogen-bond acceptors (Lipinski definition) is 6. The van der Waals surface area contributed by atoms with Crippen LogP contribution in [0.2, 0.25) is 0 Å². The Bertz CT molecular complexity index is 611. The Morgan fingerprint density at radius 1 is 1.24 bits per heavy atom. The Morgan fingerprint density at radius 3 is 2.29 bits per heavy atom. The number of benzene rings is 1. The summed E-state index contributed by atoms with van der Waals surface area (Å²) in [6, 6.07) is 5.55. The molecule has 1 aromatic rings. The molecule has 1 amide bonds. The van der Waals surface area contributed by atoms with E-state index in [2.05, 4.69) is 14.2 Å². The van der Waals surface area contributed by atoms with Gasteiger partial charge in [-0.1, -0.05) is 0 Å². The van der Waals surface area contributed by atoms with Gasteiger partial charge in [0.15, 0.2) is 0 Å². The van der Waals surface area contributed by atoms with Gasteiger partial charge in [-0.15, -0.1) is 0 Å². The predicted octanol–water partition coefficient (Wildman–Crippen LogP) is 1.22. The first kappa shape index (κ1) is 16.8. The zero-order chi connectivity index (χ0) is 16.0. The van der Waals surface area contributed by atoms with E-state index in [1.165, 1.54) is 31.4 Å². The molecule has 0 aliphatic carbocycles. The number of amides is 1. The molecular formula is C12H16N2O6S. The Morgan fingerprint density at radius 2 is 1.81 bits per heavy atom. The molecule has 0 saturated carbocycles. The molecule has 8 nitrogen and oxygen atoms in total. The van der Waals surface area contributed by atoms with E-state index >= 15 is 0 Å². The monoisotopic (exact) mass is 316 g/mol. The van der Waals surface area contributed by atoms with Crippen LogP contribution in [0.3, 0.4) is 0 Å². The van der Waals surface area contributed by atoms with Crippen molar-refractivity contribution in [1.82, 2.24) is 4.31 Å². The van der Waals surface area contributed by atoms with Crippen molar-refractivity contribution in [2.45, 2.75) is 6.92 Å². The molecule has 1 N–H and O–H groups in total. The Balaban J connectivity index is 2.84. The first-order valence-electron chi connectivity index (χ1n) is 5.93. The molecule has 0 unspecified atom stereocenters. The fourth-order valence-corrected chi connectivity index (χ4v) is 2.14. The zero-order valence-corrected chi connectivity index (χ0v) is 12.6. The molecule has 0 aliphatic rings. The molecular weight excluding hydrogens is 300 g/mol. The average Bonchev–Trinajstić information content (AvgIpc) is 2.46. The number of nitrogens with one attached hydrogen (secondary N) is 1. The van der Waals surface area contributed by atoms with Gasteiger partial charge in [0, 0.05) is 7.05 Å². The Labute approximate surface area is 122 Å². The van der Waals surface area contributed by atoms with E-state index in [-0.39, 0.29) is 17.9 Å². The van der Waals surface area contributed by atoms with E-state index in [1.54, 1.807) is 6.92 Å². The maximum absolute atomic E-state index is 11.9. The lowest BCUT2D eigenvalue weighted by atomic mass is 10.2. The van der Waals surface area contributed by atoms with Gasteiger partial charge in [0.2, 0.25) is 0 Å². The van der Waals surface area contributed by atoms with Crippen LogP contribution in [-0.4, -0.2) is 45.5 Å². The maximum atomic E-state index is 11.9. The van der Waals surface area contributed by atoms with E-state index in [9.17, 15) is 18.0 Å². The van der Waals surface area contributed by atoms with Crippen LogP contribution < -0.4 is 4.72 Å². The number of carbonyl (C=O) groups excluding carboxylic acids is 2. The highest BCUT2D eigenvalue weighted by Gasteiger charge is 2.24. The molecule has 21 heavy (non-hydrogen) atoms. The summed E-state index contributed by atoms with van der Waals surface area (Å²) in [7, 11) is -1.76. The van der Waals surface area contributed by atoms with Gasteiger partial charge in [0.05, 0.1) is 25.0 Å². The van der Waals surface area contributed by atoms with Crippen molar-refractivity contribution in [2.24, 2.45) is 0 Å². The number of ether oxygens (including phenoxy) is 2. The molecule has 1 rings (SSSR count). The second-order valence-electron chi connectivity index (χ2n) is 3.84. The van der Waals surface area contributed by atoms with Gasteiger partial charge in [-0.3, -0.25) is 4.72 Å². The van der Waals surface area contributed by atoms with Crippen molar-refractivity contribution < 1.29 is 27.5 Å². The van der Waals surface area contributed by atoms with Gasteiger partial charge in [-0.25, -0.2) is 9.59 Å². The smallest absolute Gasteiger partial charge is 0.424 e. The molecule has 0 spiro atoms. The van der Waals surface area contributed by atoms with E-state index in [4.69, 9.17) is 0 Å². The minimum absolute atomic E-state index is 0.0620. The van der Waals surface area contributed by atoms with Crippen LogP contribution in [0.25, 0.3) is 0 Å². The molecule has 0 fully saturated rings. The number of esters is 1. The van der Waals surface area contributed by atoms with Gasteiger partial charge in [0.1, 0.15) is 0 Å². The van der Waals surface area contributed by atoms with E-state index in [0.29, 0.717) is 4.31 Å². The molecule has 1 aromatic carbocycles. The number of anilines is 1. The van der Waals surface area contributed by atoms with Crippen molar-refractivity contribution in [2.75, 3.05) is 25.5 Å². The average molecular weight is 316 g/mol. The van der Waals surface area contributed by atoms with Crippen LogP contribution in [0.1, 0.15) is 17.3 Å². The van der Waals surface area contributed by atoms with Crippen molar-refractivity contribution >= 4 is 28.0 Å². The third-order valence-electron chi connectivity index (χ3n) is 2.44. The van der Waals surface area contributed by atoms with Crippen LogP contribution in [0.4, 0.5) is 10.5 Å². The van der Waals surface area contributed by atoms with E-state index < -0.39 is 22.3 Å². The molecule has 0 aliphatic heterocycles.